The van der Waals surface area contributed by atoms with Crippen LogP contribution in [0.2, 0.25) is 0 Å². The van der Waals surface area contributed by atoms with E-state index in [0.717, 1.165) is 12.8 Å². The fraction of sp³-hybridized carbons (Fsp3) is 0.692. The topological polar surface area (TPSA) is 0 Å². The van der Waals surface area contributed by atoms with Crippen LogP contribution in [-0.2, 0) is 26.2 Å². The van der Waals surface area contributed by atoms with Gasteiger partial charge in [-0.05, 0) is 0 Å². The predicted octanol–water partition coefficient (Wildman–Crippen LogP) is 5.97. The van der Waals surface area contributed by atoms with E-state index in [1.807, 2.05) is 0 Å². The third-order valence-electron chi connectivity index (χ3n) is 5.26. The zero-order chi connectivity index (χ0) is 19.0. The van der Waals surface area contributed by atoms with Gasteiger partial charge in [-0.2, -0.15) is 23.3 Å². The first-order valence-electron chi connectivity index (χ1n) is 11.3. The van der Waals surface area contributed by atoms with Crippen LogP contribution in [-0.4, -0.2) is 0 Å². The van der Waals surface area contributed by atoms with Crippen molar-refractivity contribution in [2.75, 3.05) is 0 Å². The Kier molecular flexibility index (Phi) is 22.1. The molecule has 2 heteroatoms. The van der Waals surface area contributed by atoms with Gasteiger partial charge < -0.3 is 13.8 Å². The molecule has 0 radical (unpaired) electrons. The molecule has 0 saturated heterocycles. The van der Waals surface area contributed by atoms with E-state index >= 15 is 0 Å². The van der Waals surface area contributed by atoms with E-state index in [9.17, 15) is 0 Å². The quantitative estimate of drug-likeness (QED) is 0.301. The van der Waals surface area contributed by atoms with Gasteiger partial charge in [-0.1, -0.05) is 105 Å². The summed E-state index contributed by atoms with van der Waals surface area (Å²) in [4.78, 5) is 0. The zero-order valence-corrected chi connectivity index (χ0v) is 22.1. The molecule has 0 heterocycles. The maximum absolute atomic E-state index is 3.47. The summed E-state index contributed by atoms with van der Waals surface area (Å²) in [6, 6.07) is 0. The molecule has 158 valence electrons. The van der Waals surface area contributed by atoms with Crippen molar-refractivity contribution in [1.82, 2.24) is 0 Å². The van der Waals surface area contributed by atoms with Crippen LogP contribution in [0.4, 0.5) is 0 Å². The summed E-state index contributed by atoms with van der Waals surface area (Å²) in [6.45, 7) is 9.03. The molecule has 0 amide bonds. The van der Waals surface area contributed by atoms with E-state index in [1.54, 1.807) is 11.1 Å². The second-order valence-electron chi connectivity index (χ2n) is 7.59. The molecule has 28 heavy (non-hydrogen) atoms. The molecule has 0 fully saturated rings. The van der Waals surface area contributed by atoms with Crippen LogP contribution >= 0.6 is 0 Å². The SMILES string of the molecule is CCCCC1=[C-]CC=C1CCCC.CCCCC1=[C-]CC=C1CCCC.[Cl-].[H-].[Zr+4]. The van der Waals surface area contributed by atoms with Crippen molar-refractivity contribution in [2.45, 2.75) is 118 Å². The monoisotopic (exact) mass is 480 g/mol. The number of allylic oxidation sites excluding steroid dienone is 8. The molecule has 0 aromatic carbocycles. The van der Waals surface area contributed by atoms with Crippen LogP contribution in [0.15, 0.2) is 34.4 Å². The Hall–Kier alpha value is 0.133. The smallest absolute Gasteiger partial charge is 1.00 e. The fourth-order valence-electron chi connectivity index (χ4n) is 3.51. The second kappa shape index (κ2) is 20.4. The molecule has 0 aromatic rings. The molecule has 0 spiro atoms. The molecule has 2 aliphatic rings. The number of unbranched alkanes of at least 4 members (excludes halogenated alkanes) is 4. The Morgan fingerprint density at radius 2 is 0.964 bits per heavy atom. The van der Waals surface area contributed by atoms with Gasteiger partial charge in [0.1, 0.15) is 0 Å². The Bertz CT molecular complexity index is 413. The summed E-state index contributed by atoms with van der Waals surface area (Å²) < 4.78 is 0. The van der Waals surface area contributed by atoms with Gasteiger partial charge in [0, 0.05) is 0 Å². The van der Waals surface area contributed by atoms with E-state index in [1.165, 1.54) is 88.2 Å². The van der Waals surface area contributed by atoms with Crippen LogP contribution < -0.4 is 12.4 Å². The molecular formula is C26H43ClZr. The van der Waals surface area contributed by atoms with Gasteiger partial charge in [0.2, 0.25) is 0 Å². The minimum absolute atomic E-state index is 0. The molecule has 2 aliphatic carbocycles. The molecule has 0 nitrogen and oxygen atoms in total. The van der Waals surface area contributed by atoms with Gasteiger partial charge >= 0.3 is 26.2 Å². The summed E-state index contributed by atoms with van der Waals surface area (Å²) in [6.07, 6.45) is 29.4. The predicted molar refractivity (Wildman–Crippen MR) is 118 cm³/mol. The number of halogens is 1. The molecule has 0 saturated carbocycles. The average molecular weight is 482 g/mol. The molecule has 0 bridgehead atoms. The van der Waals surface area contributed by atoms with Gasteiger partial charge in [0.05, 0.1) is 0 Å². The van der Waals surface area contributed by atoms with Crippen molar-refractivity contribution >= 4 is 0 Å². The Labute approximate surface area is 203 Å². The van der Waals surface area contributed by atoms with Crippen molar-refractivity contribution in [3.63, 3.8) is 0 Å². The van der Waals surface area contributed by atoms with Gasteiger partial charge in [0.15, 0.2) is 0 Å². The normalized spacial score (nSPS) is 14.7. The molecule has 0 aromatic heterocycles. The van der Waals surface area contributed by atoms with E-state index in [-0.39, 0.29) is 40.0 Å². The fourth-order valence-corrected chi connectivity index (χ4v) is 3.51. The largest absolute Gasteiger partial charge is 4.00 e. The van der Waals surface area contributed by atoms with Crippen molar-refractivity contribution in [3.05, 3.63) is 46.6 Å². The maximum Gasteiger partial charge on any atom is 4.00 e. The molecule has 0 aliphatic heterocycles. The van der Waals surface area contributed by atoms with Crippen molar-refractivity contribution in [2.24, 2.45) is 0 Å². The molecule has 0 unspecified atom stereocenters. The third-order valence-corrected chi connectivity index (χ3v) is 5.26. The maximum atomic E-state index is 3.47. The molecule has 0 atom stereocenters. The molecular weight excluding hydrogens is 439 g/mol. The first-order chi connectivity index (χ1) is 12.8. The van der Waals surface area contributed by atoms with Crippen LogP contribution in [0, 0.1) is 12.2 Å². The number of hydrogen-bond acceptors (Lipinski definition) is 0. The minimum atomic E-state index is 0. The van der Waals surface area contributed by atoms with Crippen LogP contribution in [0.1, 0.15) is 119 Å². The van der Waals surface area contributed by atoms with E-state index in [0.29, 0.717) is 0 Å². The van der Waals surface area contributed by atoms with Gasteiger partial charge in [0.25, 0.3) is 0 Å². The standard InChI is InChI=1S/2C13H21.ClH.Zr.H/c2*1-3-5-8-12-10-7-11-13(12)9-6-4-2;;;/h2*10H,3-9H2,1-2H3;1H;;/q2*-1;;+4;-1/p-1. The molecule has 0 N–H and O–H groups in total. The summed E-state index contributed by atoms with van der Waals surface area (Å²) in [5.74, 6) is 0. The molecule has 2 rings (SSSR count). The van der Waals surface area contributed by atoms with Crippen molar-refractivity contribution in [1.29, 1.82) is 0 Å². The summed E-state index contributed by atoms with van der Waals surface area (Å²) in [5, 5.41) is 0. The van der Waals surface area contributed by atoms with Gasteiger partial charge in [-0.3, -0.25) is 12.2 Å². The Morgan fingerprint density at radius 1 is 0.643 bits per heavy atom. The second-order valence-corrected chi connectivity index (χ2v) is 7.59. The zero-order valence-electron chi connectivity index (χ0n) is 19.9. The van der Waals surface area contributed by atoms with Crippen LogP contribution in [0.3, 0.4) is 0 Å². The summed E-state index contributed by atoms with van der Waals surface area (Å²) in [5.41, 5.74) is 6.23. The van der Waals surface area contributed by atoms with E-state index < -0.39 is 0 Å². The first kappa shape index (κ1) is 30.3. The van der Waals surface area contributed by atoms with Gasteiger partial charge in [-0.25, -0.2) is 11.1 Å². The Balaban J connectivity index is -0.000000422. The van der Waals surface area contributed by atoms with Crippen molar-refractivity contribution in [3.8, 4) is 0 Å². The third kappa shape index (κ3) is 12.6. The van der Waals surface area contributed by atoms with Crippen LogP contribution in [0.25, 0.3) is 0 Å². The van der Waals surface area contributed by atoms with Gasteiger partial charge in [-0.15, -0.1) is 12.8 Å². The number of rotatable bonds is 12. The van der Waals surface area contributed by atoms with E-state index in [2.05, 4.69) is 52.0 Å². The number of hydrogen-bond donors (Lipinski definition) is 0. The van der Waals surface area contributed by atoms with Crippen LogP contribution in [0.5, 0.6) is 0 Å². The summed E-state index contributed by atoms with van der Waals surface area (Å²) in [7, 11) is 0. The minimum Gasteiger partial charge on any atom is -1.00 e. The van der Waals surface area contributed by atoms with E-state index in [4.69, 9.17) is 0 Å². The Morgan fingerprint density at radius 3 is 1.29 bits per heavy atom. The summed E-state index contributed by atoms with van der Waals surface area (Å²) >= 11 is 0. The first-order valence-corrected chi connectivity index (χ1v) is 11.3. The van der Waals surface area contributed by atoms with Crippen molar-refractivity contribution < 1.29 is 40.0 Å². The average Bonchev–Trinajstić information content (AvgIpc) is 3.30.